The quantitative estimate of drug-likeness (QED) is 0.473. The molecule has 1 aromatic rings. The van der Waals surface area contributed by atoms with E-state index in [9.17, 15) is 0 Å². The lowest BCUT2D eigenvalue weighted by atomic mass is 10.3. The van der Waals surface area contributed by atoms with E-state index in [4.69, 9.17) is 46.4 Å². The van der Waals surface area contributed by atoms with Gasteiger partial charge in [-0.15, -0.1) is 0 Å². The number of hydrogen-bond acceptors (Lipinski definition) is 1. The average molecular weight is 314 g/mol. The molecule has 0 radical (unpaired) electrons. The first-order chi connectivity index (χ1) is 7.91. The minimum absolute atomic E-state index is 0.0791. The maximum atomic E-state index is 6.04. The number of amidine groups is 1. The van der Waals surface area contributed by atoms with Crippen LogP contribution in [0.3, 0.4) is 0 Å². The number of halogens is 4. The molecule has 0 saturated heterocycles. The van der Waals surface area contributed by atoms with E-state index in [0.29, 0.717) is 21.6 Å². The molecule has 1 N–H and O–H groups in total. The van der Waals surface area contributed by atoms with Gasteiger partial charge in [0.05, 0.1) is 15.7 Å². The first-order valence-corrected chi connectivity index (χ1v) is 6.61. The van der Waals surface area contributed by atoms with Crippen molar-refractivity contribution in [3.05, 3.63) is 28.2 Å². The second kappa shape index (κ2) is 6.69. The summed E-state index contributed by atoms with van der Waals surface area (Å²) in [7, 11) is 0. The molecule has 6 heteroatoms. The molecule has 0 aliphatic rings. The minimum atomic E-state index is -0.743. The molecule has 1 aromatic carbocycles. The number of anilines is 1. The Bertz CT molecular complexity index is 416. The van der Waals surface area contributed by atoms with Crippen LogP contribution >= 0.6 is 46.4 Å². The lowest BCUT2D eigenvalue weighted by Gasteiger charge is -2.13. The maximum absolute atomic E-state index is 6.04. The van der Waals surface area contributed by atoms with Crippen molar-refractivity contribution in [2.75, 3.05) is 5.32 Å². The summed E-state index contributed by atoms with van der Waals surface area (Å²) in [5.74, 6) is 0.451. The van der Waals surface area contributed by atoms with Crippen LogP contribution in [0.4, 0.5) is 5.69 Å². The summed E-state index contributed by atoms with van der Waals surface area (Å²) in [6.45, 7) is 3.86. The van der Waals surface area contributed by atoms with Crippen molar-refractivity contribution in [3.63, 3.8) is 0 Å². The van der Waals surface area contributed by atoms with Crippen molar-refractivity contribution in [2.24, 2.45) is 4.99 Å². The second-order valence-corrected chi connectivity index (χ2v) is 5.52. The average Bonchev–Trinajstić information content (AvgIpc) is 2.22. The van der Waals surface area contributed by atoms with E-state index < -0.39 is 4.84 Å². The van der Waals surface area contributed by atoms with E-state index in [1.54, 1.807) is 18.2 Å². The van der Waals surface area contributed by atoms with Crippen molar-refractivity contribution in [1.29, 1.82) is 0 Å². The lowest BCUT2D eigenvalue weighted by molar-refractivity contribution is 0.834. The molecule has 0 aliphatic carbocycles. The molecule has 0 unspecified atom stereocenters. The molecule has 94 valence electrons. The molecule has 0 saturated carbocycles. The van der Waals surface area contributed by atoms with Crippen LogP contribution < -0.4 is 5.32 Å². The van der Waals surface area contributed by atoms with Gasteiger partial charge in [-0.3, -0.25) is 4.99 Å². The Labute approximate surface area is 121 Å². The van der Waals surface area contributed by atoms with Crippen LogP contribution in [0.25, 0.3) is 0 Å². The molecule has 0 fully saturated rings. The summed E-state index contributed by atoms with van der Waals surface area (Å²) in [5.41, 5.74) is 0.630. The maximum Gasteiger partial charge on any atom is 0.164 e. The van der Waals surface area contributed by atoms with Gasteiger partial charge in [0, 0.05) is 6.04 Å². The van der Waals surface area contributed by atoms with Crippen LogP contribution in [-0.2, 0) is 0 Å². The predicted octanol–water partition coefficient (Wildman–Crippen LogP) is 5.02. The molecule has 0 heterocycles. The predicted molar refractivity (Wildman–Crippen MR) is 78.1 cm³/mol. The van der Waals surface area contributed by atoms with E-state index >= 15 is 0 Å². The summed E-state index contributed by atoms with van der Waals surface area (Å²) in [4.78, 5) is 3.54. The molecule has 0 aromatic heterocycles. The van der Waals surface area contributed by atoms with Gasteiger partial charge < -0.3 is 5.32 Å². The van der Waals surface area contributed by atoms with Crippen LogP contribution in [0.5, 0.6) is 0 Å². The van der Waals surface area contributed by atoms with E-state index in [1.165, 1.54) is 0 Å². The topological polar surface area (TPSA) is 24.4 Å². The lowest BCUT2D eigenvalue weighted by Crippen LogP contribution is -2.21. The van der Waals surface area contributed by atoms with Gasteiger partial charge in [0.15, 0.2) is 4.84 Å². The fraction of sp³-hybridized carbons (Fsp3) is 0.364. The van der Waals surface area contributed by atoms with Crippen molar-refractivity contribution in [2.45, 2.75) is 24.7 Å². The first-order valence-electron chi connectivity index (χ1n) is 4.98. The Hall–Kier alpha value is -0.150. The highest BCUT2D eigenvalue weighted by Crippen LogP contribution is 2.30. The summed E-state index contributed by atoms with van der Waals surface area (Å²) < 4.78 is 0. The zero-order valence-electron chi connectivity index (χ0n) is 9.35. The Morgan fingerprint density at radius 3 is 2.41 bits per heavy atom. The Balaban J connectivity index is 2.98. The van der Waals surface area contributed by atoms with E-state index in [2.05, 4.69) is 10.3 Å². The van der Waals surface area contributed by atoms with Crippen LogP contribution in [0, 0.1) is 0 Å². The van der Waals surface area contributed by atoms with E-state index in [1.807, 2.05) is 13.8 Å². The number of alkyl halides is 2. The fourth-order valence-corrected chi connectivity index (χ4v) is 1.73. The number of nitrogens with zero attached hydrogens (tertiary/aromatic N) is 1. The highest BCUT2D eigenvalue weighted by Gasteiger charge is 2.13. The van der Waals surface area contributed by atoms with Gasteiger partial charge in [-0.25, -0.2) is 0 Å². The molecular formula is C11H12Cl4N2. The fourth-order valence-electron chi connectivity index (χ4n) is 1.16. The van der Waals surface area contributed by atoms with Crippen molar-refractivity contribution in [1.82, 2.24) is 0 Å². The van der Waals surface area contributed by atoms with Gasteiger partial charge in [-0.1, -0.05) is 52.5 Å². The Morgan fingerprint density at radius 2 is 1.88 bits per heavy atom. The van der Waals surface area contributed by atoms with Crippen LogP contribution in [-0.4, -0.2) is 16.7 Å². The summed E-state index contributed by atoms with van der Waals surface area (Å²) in [6.07, 6.45) is 0. The highest BCUT2D eigenvalue weighted by molar-refractivity contribution is 6.55. The monoisotopic (exact) mass is 312 g/mol. The third kappa shape index (κ3) is 4.55. The van der Waals surface area contributed by atoms with Gasteiger partial charge in [-0.05, 0) is 26.0 Å². The Kier molecular flexibility index (Phi) is 5.87. The van der Waals surface area contributed by atoms with Crippen LogP contribution in [0.1, 0.15) is 13.8 Å². The third-order valence-corrected chi connectivity index (χ3v) is 3.05. The molecular weight excluding hydrogens is 302 g/mol. The second-order valence-electron chi connectivity index (χ2n) is 3.64. The standard InChI is InChI=1S/C11H12Cl4N2/c1-6(2)16-11(10(14)15)17-8-5-3-4-7(12)9(8)13/h3-6,10H,1-2H3,(H,16,17). The normalized spacial score (nSPS) is 12.4. The van der Waals surface area contributed by atoms with Gasteiger partial charge in [0.2, 0.25) is 0 Å². The van der Waals surface area contributed by atoms with Crippen molar-refractivity contribution < 1.29 is 0 Å². The number of hydrogen-bond donors (Lipinski definition) is 1. The van der Waals surface area contributed by atoms with Crippen LogP contribution in [0.15, 0.2) is 23.2 Å². The molecule has 0 amide bonds. The van der Waals surface area contributed by atoms with E-state index in [-0.39, 0.29) is 6.04 Å². The summed E-state index contributed by atoms with van der Waals surface area (Å²) >= 11 is 23.6. The first kappa shape index (κ1) is 14.9. The minimum Gasteiger partial charge on any atom is -0.340 e. The van der Waals surface area contributed by atoms with Crippen molar-refractivity contribution in [3.8, 4) is 0 Å². The SMILES string of the molecule is CC(C)N=C(Nc1cccc(Cl)c1Cl)C(Cl)Cl. The Morgan fingerprint density at radius 1 is 1.24 bits per heavy atom. The molecule has 0 aliphatic heterocycles. The summed E-state index contributed by atoms with van der Waals surface area (Å²) in [6, 6.07) is 5.34. The molecule has 2 nitrogen and oxygen atoms in total. The van der Waals surface area contributed by atoms with Gasteiger partial charge in [0.1, 0.15) is 5.84 Å². The third-order valence-electron chi connectivity index (χ3n) is 1.82. The number of aliphatic imine (C=N–C) groups is 1. The molecule has 0 spiro atoms. The summed E-state index contributed by atoms with van der Waals surface area (Å²) in [5, 5.41) is 3.86. The van der Waals surface area contributed by atoms with E-state index in [0.717, 1.165) is 0 Å². The molecule has 1 rings (SSSR count). The van der Waals surface area contributed by atoms with Crippen molar-refractivity contribution >= 4 is 57.9 Å². The molecule has 0 bridgehead atoms. The molecule has 0 atom stereocenters. The largest absolute Gasteiger partial charge is 0.340 e. The van der Waals surface area contributed by atoms with Crippen LogP contribution in [0.2, 0.25) is 10.0 Å². The number of rotatable bonds is 3. The van der Waals surface area contributed by atoms with Gasteiger partial charge in [-0.2, -0.15) is 0 Å². The zero-order chi connectivity index (χ0) is 13.0. The number of nitrogens with one attached hydrogen (secondary N) is 1. The van der Waals surface area contributed by atoms with Gasteiger partial charge >= 0.3 is 0 Å². The zero-order valence-corrected chi connectivity index (χ0v) is 12.4. The smallest absolute Gasteiger partial charge is 0.164 e. The number of benzene rings is 1. The highest BCUT2D eigenvalue weighted by atomic mass is 35.5. The van der Waals surface area contributed by atoms with Gasteiger partial charge in [0.25, 0.3) is 0 Å². The molecule has 17 heavy (non-hydrogen) atoms.